The lowest BCUT2D eigenvalue weighted by Crippen LogP contribution is -2.30. The van der Waals surface area contributed by atoms with Crippen molar-refractivity contribution in [3.63, 3.8) is 0 Å². The van der Waals surface area contributed by atoms with E-state index < -0.39 is 0 Å². The number of carbonyl (C=O) groups excluding carboxylic acids is 1. The van der Waals surface area contributed by atoms with Crippen LogP contribution in [0.15, 0.2) is 53.1 Å². The molecule has 0 radical (unpaired) electrons. The first-order valence-corrected chi connectivity index (χ1v) is 8.29. The standard InChI is InChI=1S/C18H18BrN3O/c1-12-10-14(19)6-7-16(12)22-18(23)20-9-8-13-11-21-17-5-3-2-4-15(13)17/h2-7,10-11,21H,8-9H2,1H3,(H2,20,22,23). The van der Waals surface area contributed by atoms with Gasteiger partial charge in [0.25, 0.3) is 0 Å². The molecule has 0 saturated heterocycles. The van der Waals surface area contributed by atoms with Crippen LogP contribution in [0.5, 0.6) is 0 Å². The lowest BCUT2D eigenvalue weighted by Gasteiger charge is -2.10. The summed E-state index contributed by atoms with van der Waals surface area (Å²) < 4.78 is 1.00. The summed E-state index contributed by atoms with van der Waals surface area (Å²) in [6, 6.07) is 13.8. The quantitative estimate of drug-likeness (QED) is 0.616. The second kappa shape index (κ2) is 6.87. The van der Waals surface area contributed by atoms with Gasteiger partial charge in [0.1, 0.15) is 0 Å². The summed E-state index contributed by atoms with van der Waals surface area (Å²) in [5.41, 5.74) is 4.17. The molecule has 0 saturated carbocycles. The molecule has 23 heavy (non-hydrogen) atoms. The van der Waals surface area contributed by atoms with Crippen molar-refractivity contribution in [3.8, 4) is 0 Å². The molecule has 1 heterocycles. The molecule has 4 nitrogen and oxygen atoms in total. The van der Waals surface area contributed by atoms with Gasteiger partial charge < -0.3 is 15.6 Å². The van der Waals surface area contributed by atoms with E-state index >= 15 is 0 Å². The average Bonchev–Trinajstić information content (AvgIpc) is 2.94. The van der Waals surface area contributed by atoms with E-state index in [0.29, 0.717) is 6.54 Å². The fraction of sp³-hybridized carbons (Fsp3) is 0.167. The van der Waals surface area contributed by atoms with E-state index in [2.05, 4.69) is 43.7 Å². The van der Waals surface area contributed by atoms with Crippen LogP contribution in [0.4, 0.5) is 10.5 Å². The van der Waals surface area contributed by atoms with Crippen molar-refractivity contribution in [1.82, 2.24) is 10.3 Å². The highest BCUT2D eigenvalue weighted by Gasteiger charge is 2.06. The summed E-state index contributed by atoms with van der Waals surface area (Å²) >= 11 is 3.41. The highest BCUT2D eigenvalue weighted by atomic mass is 79.9. The van der Waals surface area contributed by atoms with Crippen LogP contribution in [-0.2, 0) is 6.42 Å². The molecule has 5 heteroatoms. The van der Waals surface area contributed by atoms with Crippen LogP contribution in [0.2, 0.25) is 0 Å². The number of hydrogen-bond acceptors (Lipinski definition) is 1. The number of amides is 2. The molecule has 118 valence electrons. The van der Waals surface area contributed by atoms with Gasteiger partial charge in [0.2, 0.25) is 0 Å². The van der Waals surface area contributed by atoms with Crippen molar-refractivity contribution >= 4 is 38.6 Å². The van der Waals surface area contributed by atoms with Crippen molar-refractivity contribution in [3.05, 3.63) is 64.3 Å². The molecule has 0 unspecified atom stereocenters. The number of benzene rings is 2. The van der Waals surface area contributed by atoms with Gasteiger partial charge >= 0.3 is 6.03 Å². The summed E-state index contributed by atoms with van der Waals surface area (Å²) in [5, 5.41) is 6.98. The summed E-state index contributed by atoms with van der Waals surface area (Å²) in [4.78, 5) is 15.2. The number of fused-ring (bicyclic) bond motifs is 1. The van der Waals surface area contributed by atoms with Crippen LogP contribution in [0.25, 0.3) is 10.9 Å². The Hall–Kier alpha value is -2.27. The molecule has 1 aromatic heterocycles. The van der Waals surface area contributed by atoms with Gasteiger partial charge in [-0.15, -0.1) is 0 Å². The Morgan fingerprint density at radius 2 is 2.04 bits per heavy atom. The minimum Gasteiger partial charge on any atom is -0.361 e. The Labute approximate surface area is 143 Å². The number of hydrogen-bond donors (Lipinski definition) is 3. The first-order chi connectivity index (χ1) is 11.1. The Balaban J connectivity index is 1.55. The van der Waals surface area contributed by atoms with Crippen LogP contribution in [0, 0.1) is 6.92 Å². The topological polar surface area (TPSA) is 56.9 Å². The molecule has 0 atom stereocenters. The van der Waals surface area contributed by atoms with E-state index in [9.17, 15) is 4.79 Å². The van der Waals surface area contributed by atoms with Gasteiger partial charge in [0.05, 0.1) is 0 Å². The zero-order chi connectivity index (χ0) is 16.2. The minimum absolute atomic E-state index is 0.185. The van der Waals surface area contributed by atoms with Gasteiger partial charge in [-0.1, -0.05) is 34.1 Å². The Bertz CT molecular complexity index is 841. The minimum atomic E-state index is -0.185. The van der Waals surface area contributed by atoms with Crippen LogP contribution in [0.3, 0.4) is 0 Å². The zero-order valence-electron chi connectivity index (χ0n) is 12.8. The molecule has 0 spiro atoms. The number of aromatic nitrogens is 1. The fourth-order valence-corrected chi connectivity index (χ4v) is 3.06. The zero-order valence-corrected chi connectivity index (χ0v) is 14.4. The number of para-hydroxylation sites is 1. The van der Waals surface area contributed by atoms with Crippen LogP contribution in [0.1, 0.15) is 11.1 Å². The van der Waals surface area contributed by atoms with E-state index in [1.54, 1.807) is 0 Å². The van der Waals surface area contributed by atoms with E-state index in [1.165, 1.54) is 10.9 Å². The molecule has 2 aromatic carbocycles. The van der Waals surface area contributed by atoms with Gasteiger partial charge in [-0.05, 0) is 48.7 Å². The molecule has 0 fully saturated rings. The van der Waals surface area contributed by atoms with E-state index in [0.717, 1.165) is 27.7 Å². The predicted octanol–water partition coefficient (Wildman–Crippen LogP) is 4.60. The molecule has 0 bridgehead atoms. The smallest absolute Gasteiger partial charge is 0.319 e. The molecule has 3 N–H and O–H groups in total. The molecule has 0 aliphatic rings. The number of aromatic amines is 1. The summed E-state index contributed by atoms with van der Waals surface area (Å²) in [6.45, 7) is 2.55. The number of rotatable bonds is 4. The Kier molecular flexibility index (Phi) is 4.67. The van der Waals surface area contributed by atoms with Crippen LogP contribution < -0.4 is 10.6 Å². The maximum atomic E-state index is 12.0. The first kappa shape index (κ1) is 15.6. The van der Waals surface area contributed by atoms with Gasteiger partial charge in [-0.3, -0.25) is 0 Å². The number of nitrogens with one attached hydrogen (secondary N) is 3. The first-order valence-electron chi connectivity index (χ1n) is 7.49. The Morgan fingerprint density at radius 1 is 1.22 bits per heavy atom. The number of aryl methyl sites for hydroxylation is 1. The lowest BCUT2D eigenvalue weighted by molar-refractivity contribution is 0.252. The van der Waals surface area contributed by atoms with Crippen molar-refractivity contribution in [2.45, 2.75) is 13.3 Å². The number of carbonyl (C=O) groups is 1. The molecule has 0 aliphatic heterocycles. The van der Waals surface area contributed by atoms with Gasteiger partial charge in [-0.25, -0.2) is 4.79 Å². The van der Waals surface area contributed by atoms with Crippen molar-refractivity contribution in [2.24, 2.45) is 0 Å². The maximum absolute atomic E-state index is 12.0. The van der Waals surface area contributed by atoms with E-state index in [1.807, 2.05) is 43.5 Å². The van der Waals surface area contributed by atoms with Crippen molar-refractivity contribution in [2.75, 3.05) is 11.9 Å². The van der Waals surface area contributed by atoms with Gasteiger partial charge in [0.15, 0.2) is 0 Å². The largest absolute Gasteiger partial charge is 0.361 e. The summed E-state index contributed by atoms with van der Waals surface area (Å²) in [6.07, 6.45) is 2.79. The highest BCUT2D eigenvalue weighted by Crippen LogP contribution is 2.20. The monoisotopic (exact) mass is 371 g/mol. The molecular formula is C18H18BrN3O. The number of urea groups is 1. The number of anilines is 1. The summed E-state index contributed by atoms with van der Waals surface area (Å²) in [7, 11) is 0. The third kappa shape index (κ3) is 3.74. The maximum Gasteiger partial charge on any atom is 0.319 e. The lowest BCUT2D eigenvalue weighted by atomic mass is 10.1. The number of H-pyrrole nitrogens is 1. The van der Waals surface area contributed by atoms with Crippen molar-refractivity contribution < 1.29 is 4.79 Å². The third-order valence-corrected chi connectivity index (χ3v) is 4.28. The summed E-state index contributed by atoms with van der Waals surface area (Å²) in [5.74, 6) is 0. The second-order valence-corrected chi connectivity index (χ2v) is 6.37. The molecule has 2 amide bonds. The Morgan fingerprint density at radius 3 is 2.87 bits per heavy atom. The number of halogens is 1. The molecular weight excluding hydrogens is 354 g/mol. The van der Waals surface area contributed by atoms with Crippen molar-refractivity contribution in [1.29, 1.82) is 0 Å². The molecule has 3 rings (SSSR count). The van der Waals surface area contributed by atoms with E-state index in [4.69, 9.17) is 0 Å². The predicted molar refractivity (Wildman–Crippen MR) is 97.9 cm³/mol. The van der Waals surface area contributed by atoms with E-state index in [-0.39, 0.29) is 6.03 Å². The molecule has 0 aliphatic carbocycles. The van der Waals surface area contributed by atoms with Gasteiger partial charge in [-0.2, -0.15) is 0 Å². The molecule has 3 aromatic rings. The highest BCUT2D eigenvalue weighted by molar-refractivity contribution is 9.10. The SMILES string of the molecule is Cc1cc(Br)ccc1NC(=O)NCCc1c[nH]c2ccccc12. The van der Waals surface area contributed by atoms with Gasteiger partial charge in [0, 0.05) is 33.8 Å². The van der Waals surface area contributed by atoms with Crippen LogP contribution in [-0.4, -0.2) is 17.6 Å². The second-order valence-electron chi connectivity index (χ2n) is 5.45. The normalized spacial score (nSPS) is 10.7. The van der Waals surface area contributed by atoms with Crippen LogP contribution >= 0.6 is 15.9 Å². The third-order valence-electron chi connectivity index (χ3n) is 3.79. The average molecular weight is 372 g/mol. The fourth-order valence-electron chi connectivity index (χ4n) is 2.58.